The van der Waals surface area contributed by atoms with Crippen molar-refractivity contribution in [3.05, 3.63) is 192 Å². The van der Waals surface area contributed by atoms with Crippen molar-refractivity contribution in [3.8, 4) is 55.6 Å². The predicted molar refractivity (Wildman–Crippen MR) is 283 cm³/mol. The molecule has 2 atom stereocenters. The van der Waals surface area contributed by atoms with Crippen molar-refractivity contribution >= 4 is 43.1 Å². The summed E-state index contributed by atoms with van der Waals surface area (Å²) in [5.74, 6) is 1.10. The lowest BCUT2D eigenvalue weighted by Crippen LogP contribution is -2.25. The van der Waals surface area contributed by atoms with Crippen molar-refractivity contribution in [2.24, 2.45) is 0 Å². The van der Waals surface area contributed by atoms with Crippen molar-refractivity contribution in [1.82, 2.24) is 0 Å². The quantitative estimate of drug-likeness (QED) is 0.0849. The molecular formula is C65H60. The Bertz CT molecular complexity index is 3300. The number of hydrogen-bond donors (Lipinski definition) is 0. The zero-order chi connectivity index (χ0) is 44.4. The molecule has 0 aliphatic heterocycles. The third-order valence-corrected chi connectivity index (χ3v) is 15.7. The summed E-state index contributed by atoms with van der Waals surface area (Å²) in [5.41, 5.74) is 18.8. The van der Waals surface area contributed by atoms with Gasteiger partial charge >= 0.3 is 0 Å². The Hall–Kier alpha value is -6.50. The molecule has 0 N–H and O–H groups in total. The molecule has 10 aromatic carbocycles. The van der Waals surface area contributed by atoms with Crippen LogP contribution >= 0.6 is 0 Å². The minimum atomic E-state index is -0.0712. The molecule has 0 amide bonds. The van der Waals surface area contributed by atoms with E-state index in [1.165, 1.54) is 121 Å². The largest absolute Gasteiger partial charge is 0.0653 e. The van der Waals surface area contributed by atoms with E-state index >= 15 is 0 Å². The monoisotopic (exact) mass is 840 g/mol. The smallest absolute Gasteiger partial charge is 0.0215 e. The standard InChI is InChI=1S/C65H60/c1-7-34-65(35-8-2)61-39-48(52-37-50(45-22-18-43(19-23-45)41(5)9-3)36-51(38-52)46-24-20-44(21-25-46)42(6)10-4)27-29-56(61)57-30-28-49(40-62(57)65)53-32-33-60-55-16-12-11-15-54(55)58-17-13-14-47-26-31-59(53)64(60)63(47)58/h11-33,36-42H,7-10,34-35H2,1-6H3. The molecule has 320 valence electrons. The van der Waals surface area contributed by atoms with Gasteiger partial charge in [0.1, 0.15) is 0 Å². The van der Waals surface area contributed by atoms with Gasteiger partial charge in [0, 0.05) is 5.41 Å². The maximum Gasteiger partial charge on any atom is 0.0215 e. The molecule has 1 aliphatic carbocycles. The van der Waals surface area contributed by atoms with Crippen LogP contribution < -0.4 is 0 Å². The van der Waals surface area contributed by atoms with Gasteiger partial charge in [-0.2, -0.15) is 0 Å². The summed E-state index contributed by atoms with van der Waals surface area (Å²) >= 11 is 0. The summed E-state index contributed by atoms with van der Waals surface area (Å²) in [6, 6.07) is 66.2. The summed E-state index contributed by atoms with van der Waals surface area (Å²) in [4.78, 5) is 0. The van der Waals surface area contributed by atoms with Gasteiger partial charge < -0.3 is 0 Å². The van der Waals surface area contributed by atoms with Gasteiger partial charge in [-0.15, -0.1) is 0 Å². The Morgan fingerprint density at radius 1 is 0.354 bits per heavy atom. The average Bonchev–Trinajstić information content (AvgIpc) is 3.62. The lowest BCUT2D eigenvalue weighted by atomic mass is 9.70. The Morgan fingerprint density at radius 2 is 0.815 bits per heavy atom. The van der Waals surface area contributed by atoms with Crippen LogP contribution in [0.3, 0.4) is 0 Å². The van der Waals surface area contributed by atoms with Crippen molar-refractivity contribution in [2.45, 2.75) is 97.3 Å². The molecule has 0 saturated carbocycles. The normalized spacial score (nSPS) is 14.1. The van der Waals surface area contributed by atoms with E-state index in [0.717, 1.165) is 38.5 Å². The molecule has 65 heavy (non-hydrogen) atoms. The molecule has 0 heteroatoms. The van der Waals surface area contributed by atoms with E-state index in [-0.39, 0.29) is 5.41 Å². The Balaban J connectivity index is 1.06. The Labute approximate surface area is 386 Å². The van der Waals surface area contributed by atoms with Crippen molar-refractivity contribution < 1.29 is 0 Å². The molecule has 0 spiro atoms. The van der Waals surface area contributed by atoms with Crippen molar-refractivity contribution in [1.29, 1.82) is 0 Å². The second kappa shape index (κ2) is 16.5. The van der Waals surface area contributed by atoms with E-state index in [9.17, 15) is 0 Å². The molecule has 11 rings (SSSR count). The van der Waals surface area contributed by atoms with Crippen LogP contribution in [0, 0.1) is 0 Å². The van der Waals surface area contributed by atoms with Crippen LogP contribution in [0.25, 0.3) is 98.7 Å². The minimum Gasteiger partial charge on any atom is -0.0653 e. The summed E-state index contributed by atoms with van der Waals surface area (Å²) in [7, 11) is 0. The number of benzene rings is 10. The SMILES string of the molecule is CCCC1(CCC)c2cc(-c3cc(-c4ccc(C(C)CC)cc4)cc(-c4ccc(C(C)CC)cc4)c3)ccc2-c2ccc(-c3ccc4c5ccccc5c5cccc6ccc3c4c65)cc21. The van der Waals surface area contributed by atoms with Gasteiger partial charge in [0.25, 0.3) is 0 Å². The average molecular weight is 841 g/mol. The van der Waals surface area contributed by atoms with Crippen LogP contribution in [-0.2, 0) is 5.41 Å². The third kappa shape index (κ3) is 6.71. The molecule has 2 unspecified atom stereocenters. The number of fused-ring (bicyclic) bond motifs is 6. The van der Waals surface area contributed by atoms with Gasteiger partial charge in [-0.25, -0.2) is 0 Å². The van der Waals surface area contributed by atoms with Gasteiger partial charge in [0.05, 0.1) is 0 Å². The van der Waals surface area contributed by atoms with Crippen LogP contribution in [-0.4, -0.2) is 0 Å². The van der Waals surface area contributed by atoms with Crippen molar-refractivity contribution in [2.75, 3.05) is 0 Å². The van der Waals surface area contributed by atoms with Gasteiger partial charge in [-0.05, 0) is 189 Å². The molecular weight excluding hydrogens is 781 g/mol. The molecule has 0 nitrogen and oxygen atoms in total. The first-order valence-electron chi connectivity index (χ1n) is 24.6. The second-order valence-electron chi connectivity index (χ2n) is 19.4. The third-order valence-electron chi connectivity index (χ3n) is 15.7. The molecule has 1 aliphatic rings. The van der Waals surface area contributed by atoms with Crippen molar-refractivity contribution in [3.63, 3.8) is 0 Å². The molecule has 0 fully saturated rings. The second-order valence-corrected chi connectivity index (χ2v) is 19.4. The highest BCUT2D eigenvalue weighted by Gasteiger charge is 2.42. The fraction of sp³-hybridized carbons (Fsp3) is 0.231. The van der Waals surface area contributed by atoms with Gasteiger partial charge in [0.15, 0.2) is 0 Å². The first kappa shape index (κ1) is 41.2. The summed E-state index contributed by atoms with van der Waals surface area (Å²) in [5, 5.41) is 10.8. The maximum atomic E-state index is 2.59. The van der Waals surface area contributed by atoms with Crippen LogP contribution in [0.2, 0.25) is 0 Å². The predicted octanol–water partition coefficient (Wildman–Crippen LogP) is 19.3. The van der Waals surface area contributed by atoms with E-state index < -0.39 is 0 Å². The van der Waals surface area contributed by atoms with E-state index in [2.05, 4.69) is 211 Å². The maximum absolute atomic E-state index is 2.59. The van der Waals surface area contributed by atoms with Crippen LogP contribution in [0.1, 0.15) is 114 Å². The number of hydrogen-bond acceptors (Lipinski definition) is 0. The van der Waals surface area contributed by atoms with Crippen LogP contribution in [0.15, 0.2) is 170 Å². The van der Waals surface area contributed by atoms with Gasteiger partial charge in [-0.3, -0.25) is 0 Å². The highest BCUT2D eigenvalue weighted by molar-refractivity contribution is 6.35. The van der Waals surface area contributed by atoms with Gasteiger partial charge in [0.2, 0.25) is 0 Å². The zero-order valence-electron chi connectivity index (χ0n) is 39.1. The Morgan fingerprint density at radius 3 is 1.37 bits per heavy atom. The molecule has 0 bridgehead atoms. The Kier molecular flexibility index (Phi) is 10.5. The first-order chi connectivity index (χ1) is 31.8. The highest BCUT2D eigenvalue weighted by Crippen LogP contribution is 2.56. The highest BCUT2D eigenvalue weighted by atomic mass is 14.4. The summed E-state index contributed by atoms with van der Waals surface area (Å²) < 4.78 is 0. The molecule has 0 heterocycles. The van der Waals surface area contributed by atoms with Crippen LogP contribution in [0.4, 0.5) is 0 Å². The lowest BCUT2D eigenvalue weighted by molar-refractivity contribution is 0.436. The topological polar surface area (TPSA) is 0 Å². The fourth-order valence-corrected chi connectivity index (χ4v) is 11.8. The summed E-state index contributed by atoms with van der Waals surface area (Å²) in [6.07, 6.45) is 6.77. The summed E-state index contributed by atoms with van der Waals surface area (Å²) in [6.45, 7) is 14.0. The fourth-order valence-electron chi connectivity index (χ4n) is 11.8. The van der Waals surface area contributed by atoms with E-state index in [0.29, 0.717) is 11.8 Å². The van der Waals surface area contributed by atoms with E-state index in [4.69, 9.17) is 0 Å². The zero-order valence-corrected chi connectivity index (χ0v) is 39.1. The van der Waals surface area contributed by atoms with E-state index in [1.807, 2.05) is 0 Å². The molecule has 0 radical (unpaired) electrons. The minimum absolute atomic E-state index is 0.0712. The van der Waals surface area contributed by atoms with Crippen LogP contribution in [0.5, 0.6) is 0 Å². The number of rotatable bonds is 12. The lowest BCUT2D eigenvalue weighted by Gasteiger charge is -2.32. The molecule has 0 saturated heterocycles. The molecule has 0 aromatic heterocycles. The van der Waals surface area contributed by atoms with E-state index in [1.54, 1.807) is 0 Å². The first-order valence-corrected chi connectivity index (χ1v) is 24.6. The van der Waals surface area contributed by atoms with Gasteiger partial charge in [-0.1, -0.05) is 194 Å². The molecule has 10 aromatic rings.